The third kappa shape index (κ3) is 4.22. The number of nitrogens with zero attached hydrogens (tertiary/aromatic N) is 2. The summed E-state index contributed by atoms with van der Waals surface area (Å²) in [5.74, 6) is -1.48. The molecule has 0 aromatic heterocycles. The molecule has 1 heterocycles. The van der Waals surface area contributed by atoms with Gasteiger partial charge in [-0.25, -0.2) is 8.78 Å². The SMILES string of the molecule is CNC(Cc1cccc(F)c1F)CC1CN(C)CCN1C. The largest absolute Gasteiger partial charge is 0.317 e. The Bertz CT molecular complexity index is 467. The smallest absolute Gasteiger partial charge is 0.162 e. The molecule has 1 aliphatic heterocycles. The molecule has 2 unspecified atom stereocenters. The minimum atomic E-state index is -0.767. The Kier molecular flexibility index (Phi) is 5.67. The molecule has 1 N–H and O–H groups in total. The summed E-state index contributed by atoms with van der Waals surface area (Å²) < 4.78 is 27.1. The third-order valence-corrected chi connectivity index (χ3v) is 4.44. The van der Waals surface area contributed by atoms with Crippen molar-refractivity contribution in [2.75, 3.05) is 40.8 Å². The molecule has 0 spiro atoms. The van der Waals surface area contributed by atoms with Crippen LogP contribution in [0.2, 0.25) is 0 Å². The molecule has 1 aromatic rings. The molecular weight excluding hydrogens is 272 g/mol. The van der Waals surface area contributed by atoms with Crippen LogP contribution >= 0.6 is 0 Å². The number of benzene rings is 1. The van der Waals surface area contributed by atoms with Gasteiger partial charge in [0.05, 0.1) is 0 Å². The minimum Gasteiger partial charge on any atom is -0.317 e. The summed E-state index contributed by atoms with van der Waals surface area (Å²) in [6.07, 6.45) is 1.43. The second kappa shape index (κ2) is 7.29. The van der Waals surface area contributed by atoms with Crippen molar-refractivity contribution in [3.05, 3.63) is 35.4 Å². The number of hydrogen-bond acceptors (Lipinski definition) is 3. The van der Waals surface area contributed by atoms with Gasteiger partial charge in [0, 0.05) is 31.7 Å². The molecule has 21 heavy (non-hydrogen) atoms. The summed E-state index contributed by atoms with van der Waals surface area (Å²) in [4.78, 5) is 4.67. The fourth-order valence-electron chi connectivity index (χ4n) is 2.96. The first-order valence-corrected chi connectivity index (χ1v) is 7.50. The van der Waals surface area contributed by atoms with Gasteiger partial charge in [0.1, 0.15) is 0 Å². The van der Waals surface area contributed by atoms with Gasteiger partial charge in [-0.3, -0.25) is 0 Å². The van der Waals surface area contributed by atoms with Crippen molar-refractivity contribution in [2.45, 2.75) is 24.9 Å². The maximum Gasteiger partial charge on any atom is 0.162 e. The van der Waals surface area contributed by atoms with Crippen molar-refractivity contribution in [3.63, 3.8) is 0 Å². The van der Waals surface area contributed by atoms with Gasteiger partial charge < -0.3 is 15.1 Å². The fourth-order valence-corrected chi connectivity index (χ4v) is 2.96. The highest BCUT2D eigenvalue weighted by Gasteiger charge is 2.25. The van der Waals surface area contributed by atoms with Crippen molar-refractivity contribution in [2.24, 2.45) is 0 Å². The molecule has 1 saturated heterocycles. The summed E-state index contributed by atoms with van der Waals surface area (Å²) in [5.41, 5.74) is 0.446. The molecule has 5 heteroatoms. The van der Waals surface area contributed by atoms with E-state index in [0.29, 0.717) is 18.0 Å². The summed E-state index contributed by atoms with van der Waals surface area (Å²) in [6, 6.07) is 4.98. The Morgan fingerprint density at radius 1 is 1.29 bits per heavy atom. The standard InChI is InChI=1S/C16H25F2N3/c1-19-13(9-12-5-4-6-15(17)16(12)18)10-14-11-20(2)7-8-21(14)3/h4-6,13-14,19H,7-11H2,1-3H3. The number of likely N-dealkylation sites (N-methyl/N-ethyl adjacent to an activating group) is 3. The molecule has 118 valence electrons. The monoisotopic (exact) mass is 297 g/mol. The van der Waals surface area contributed by atoms with Gasteiger partial charge in [-0.15, -0.1) is 0 Å². The van der Waals surface area contributed by atoms with Crippen molar-refractivity contribution >= 4 is 0 Å². The normalized spacial score (nSPS) is 22.4. The zero-order chi connectivity index (χ0) is 15.4. The molecule has 0 aliphatic carbocycles. The Labute approximate surface area is 125 Å². The first kappa shape index (κ1) is 16.3. The van der Waals surface area contributed by atoms with E-state index < -0.39 is 11.6 Å². The van der Waals surface area contributed by atoms with Crippen LogP contribution in [0.25, 0.3) is 0 Å². The van der Waals surface area contributed by atoms with E-state index in [1.165, 1.54) is 0 Å². The van der Waals surface area contributed by atoms with Crippen LogP contribution in [-0.4, -0.2) is 62.7 Å². The van der Waals surface area contributed by atoms with Crippen LogP contribution in [-0.2, 0) is 6.42 Å². The maximum absolute atomic E-state index is 13.8. The van der Waals surface area contributed by atoms with E-state index in [-0.39, 0.29) is 6.04 Å². The Balaban J connectivity index is 2.01. The average Bonchev–Trinajstić information content (AvgIpc) is 2.46. The van der Waals surface area contributed by atoms with Crippen LogP contribution in [0.1, 0.15) is 12.0 Å². The van der Waals surface area contributed by atoms with E-state index in [1.807, 2.05) is 7.05 Å². The van der Waals surface area contributed by atoms with Crippen LogP contribution in [0.3, 0.4) is 0 Å². The van der Waals surface area contributed by atoms with E-state index in [2.05, 4.69) is 29.2 Å². The summed E-state index contributed by atoms with van der Waals surface area (Å²) in [5, 5.41) is 3.25. The number of rotatable bonds is 5. The summed E-state index contributed by atoms with van der Waals surface area (Å²) >= 11 is 0. The first-order valence-electron chi connectivity index (χ1n) is 7.50. The molecule has 0 bridgehead atoms. The van der Waals surface area contributed by atoms with Gasteiger partial charge in [0.25, 0.3) is 0 Å². The van der Waals surface area contributed by atoms with Gasteiger partial charge in [-0.1, -0.05) is 12.1 Å². The summed E-state index contributed by atoms with van der Waals surface area (Å²) in [7, 11) is 6.14. The molecule has 3 nitrogen and oxygen atoms in total. The van der Waals surface area contributed by atoms with Gasteiger partial charge in [-0.2, -0.15) is 0 Å². The zero-order valence-corrected chi connectivity index (χ0v) is 13.1. The van der Waals surface area contributed by atoms with Crippen LogP contribution in [0.15, 0.2) is 18.2 Å². The Morgan fingerprint density at radius 3 is 2.76 bits per heavy atom. The van der Waals surface area contributed by atoms with E-state index >= 15 is 0 Å². The number of nitrogens with one attached hydrogen (secondary N) is 1. The molecule has 1 fully saturated rings. The van der Waals surface area contributed by atoms with Gasteiger partial charge in [0.2, 0.25) is 0 Å². The zero-order valence-electron chi connectivity index (χ0n) is 13.1. The lowest BCUT2D eigenvalue weighted by Gasteiger charge is -2.39. The highest BCUT2D eigenvalue weighted by atomic mass is 19.2. The lowest BCUT2D eigenvalue weighted by Crippen LogP contribution is -2.52. The molecule has 0 amide bonds. The predicted molar refractivity (Wildman–Crippen MR) is 81.4 cm³/mol. The lowest BCUT2D eigenvalue weighted by atomic mass is 9.97. The van der Waals surface area contributed by atoms with E-state index in [0.717, 1.165) is 32.1 Å². The first-order chi connectivity index (χ1) is 10.0. The number of piperazine rings is 1. The van der Waals surface area contributed by atoms with Crippen molar-refractivity contribution in [3.8, 4) is 0 Å². The van der Waals surface area contributed by atoms with Gasteiger partial charge >= 0.3 is 0 Å². The van der Waals surface area contributed by atoms with E-state index in [9.17, 15) is 8.78 Å². The molecule has 2 atom stereocenters. The average molecular weight is 297 g/mol. The van der Waals surface area contributed by atoms with Crippen molar-refractivity contribution in [1.82, 2.24) is 15.1 Å². The highest BCUT2D eigenvalue weighted by Crippen LogP contribution is 2.17. The third-order valence-electron chi connectivity index (χ3n) is 4.44. The van der Waals surface area contributed by atoms with Crippen LogP contribution in [0, 0.1) is 11.6 Å². The molecule has 2 rings (SSSR count). The van der Waals surface area contributed by atoms with Crippen LogP contribution in [0.5, 0.6) is 0 Å². The number of halogens is 2. The second-order valence-corrected chi connectivity index (χ2v) is 6.04. The van der Waals surface area contributed by atoms with Gasteiger partial charge in [0.15, 0.2) is 11.6 Å². The predicted octanol–water partition coefficient (Wildman–Crippen LogP) is 1.73. The fraction of sp³-hybridized carbons (Fsp3) is 0.625. The second-order valence-electron chi connectivity index (χ2n) is 6.04. The molecule has 0 saturated carbocycles. The molecule has 1 aliphatic rings. The minimum absolute atomic E-state index is 0.139. The molecule has 1 aromatic carbocycles. The molecule has 0 radical (unpaired) electrons. The number of hydrogen-bond donors (Lipinski definition) is 1. The highest BCUT2D eigenvalue weighted by molar-refractivity contribution is 5.20. The van der Waals surface area contributed by atoms with E-state index in [1.54, 1.807) is 12.1 Å². The lowest BCUT2D eigenvalue weighted by molar-refractivity contribution is 0.101. The van der Waals surface area contributed by atoms with Gasteiger partial charge in [-0.05, 0) is 45.6 Å². The molecular formula is C16H25F2N3. The van der Waals surface area contributed by atoms with E-state index in [4.69, 9.17) is 0 Å². The Hall–Kier alpha value is -1.04. The maximum atomic E-state index is 13.8. The van der Waals surface area contributed by atoms with Crippen molar-refractivity contribution in [1.29, 1.82) is 0 Å². The quantitative estimate of drug-likeness (QED) is 0.893. The van der Waals surface area contributed by atoms with Crippen molar-refractivity contribution < 1.29 is 8.78 Å². The Morgan fingerprint density at radius 2 is 2.05 bits per heavy atom. The summed E-state index contributed by atoms with van der Waals surface area (Å²) in [6.45, 7) is 3.14. The topological polar surface area (TPSA) is 18.5 Å². The van der Waals surface area contributed by atoms with Crippen LogP contribution < -0.4 is 5.32 Å². The van der Waals surface area contributed by atoms with Crippen LogP contribution in [0.4, 0.5) is 8.78 Å².